The Morgan fingerprint density at radius 3 is 2.52 bits per heavy atom. The van der Waals surface area contributed by atoms with Gasteiger partial charge in [-0.05, 0) is 53.6 Å². The van der Waals surface area contributed by atoms with E-state index in [2.05, 4.69) is 5.32 Å². The van der Waals surface area contributed by atoms with Crippen LogP contribution in [0.25, 0.3) is 6.08 Å². The monoisotopic (exact) mass is 429 g/mol. The molecule has 148 valence electrons. The third kappa shape index (κ3) is 6.34. The molecule has 0 spiro atoms. The van der Waals surface area contributed by atoms with Gasteiger partial charge in [0.15, 0.2) is 0 Å². The zero-order chi connectivity index (χ0) is 20.6. The highest BCUT2D eigenvalue weighted by Crippen LogP contribution is 2.22. The number of amides is 1. The molecule has 0 radical (unpaired) electrons. The molecule has 3 rings (SSSR count). The maximum atomic E-state index is 13.8. The average molecular weight is 430 g/mol. The van der Waals surface area contributed by atoms with E-state index >= 15 is 0 Å². The Hall–Kier alpha value is -2.82. The van der Waals surface area contributed by atoms with Crippen LogP contribution in [0.15, 0.2) is 72.8 Å². The standard InChI is InChI=1S/C23H18Cl2FNO2/c24-18-4-1-3-17(13-18)14-27-23(28)12-9-16-7-10-19(11-8-16)29-15-20-21(25)5-2-6-22(20)26/h1-13H,14-15H2,(H,27,28). The van der Waals surface area contributed by atoms with Gasteiger partial charge in [0.1, 0.15) is 18.2 Å². The van der Waals surface area contributed by atoms with E-state index in [9.17, 15) is 9.18 Å². The number of carbonyl (C=O) groups is 1. The SMILES string of the molecule is O=C(C=Cc1ccc(OCc2c(F)cccc2Cl)cc1)NCc1cccc(Cl)c1. The average Bonchev–Trinajstić information content (AvgIpc) is 2.71. The van der Waals surface area contributed by atoms with E-state index in [1.807, 2.05) is 12.1 Å². The van der Waals surface area contributed by atoms with E-state index in [4.69, 9.17) is 27.9 Å². The first-order chi connectivity index (χ1) is 14.0. The van der Waals surface area contributed by atoms with Crippen LogP contribution in [-0.2, 0) is 17.9 Å². The van der Waals surface area contributed by atoms with Crippen LogP contribution in [0.4, 0.5) is 4.39 Å². The van der Waals surface area contributed by atoms with Crippen molar-refractivity contribution in [3.63, 3.8) is 0 Å². The van der Waals surface area contributed by atoms with Crippen LogP contribution in [0.3, 0.4) is 0 Å². The van der Waals surface area contributed by atoms with E-state index in [1.54, 1.807) is 54.6 Å². The number of rotatable bonds is 7. The number of benzene rings is 3. The molecule has 1 amide bonds. The lowest BCUT2D eigenvalue weighted by molar-refractivity contribution is -0.116. The lowest BCUT2D eigenvalue weighted by Gasteiger charge is -2.09. The Morgan fingerprint density at radius 1 is 1.03 bits per heavy atom. The van der Waals surface area contributed by atoms with E-state index < -0.39 is 5.82 Å². The maximum Gasteiger partial charge on any atom is 0.244 e. The summed E-state index contributed by atoms with van der Waals surface area (Å²) in [5.41, 5.74) is 2.07. The largest absolute Gasteiger partial charge is 0.489 e. The fourth-order valence-electron chi connectivity index (χ4n) is 2.57. The Balaban J connectivity index is 1.51. The molecule has 0 fully saturated rings. The number of carbonyl (C=O) groups excluding carboxylic acids is 1. The van der Waals surface area contributed by atoms with Gasteiger partial charge in [-0.3, -0.25) is 4.79 Å². The number of halogens is 3. The van der Waals surface area contributed by atoms with Gasteiger partial charge in [-0.1, -0.05) is 53.5 Å². The molecule has 6 heteroatoms. The first-order valence-corrected chi connectivity index (χ1v) is 9.63. The van der Waals surface area contributed by atoms with Crippen molar-refractivity contribution in [2.75, 3.05) is 0 Å². The van der Waals surface area contributed by atoms with Crippen molar-refractivity contribution in [3.05, 3.63) is 105 Å². The molecular weight excluding hydrogens is 412 g/mol. The van der Waals surface area contributed by atoms with Gasteiger partial charge in [0.25, 0.3) is 0 Å². The van der Waals surface area contributed by atoms with Gasteiger partial charge < -0.3 is 10.1 Å². The van der Waals surface area contributed by atoms with Crippen molar-refractivity contribution in [2.24, 2.45) is 0 Å². The summed E-state index contributed by atoms with van der Waals surface area (Å²) in [7, 11) is 0. The predicted molar refractivity (Wildman–Crippen MR) is 115 cm³/mol. The van der Waals surface area contributed by atoms with Gasteiger partial charge in [0.05, 0.1) is 5.02 Å². The summed E-state index contributed by atoms with van der Waals surface area (Å²) in [6.07, 6.45) is 3.16. The van der Waals surface area contributed by atoms with Crippen molar-refractivity contribution < 1.29 is 13.9 Å². The van der Waals surface area contributed by atoms with Gasteiger partial charge in [-0.2, -0.15) is 0 Å². The van der Waals surface area contributed by atoms with E-state index in [0.717, 1.165) is 11.1 Å². The molecule has 0 saturated heterocycles. The third-order valence-electron chi connectivity index (χ3n) is 4.11. The molecule has 0 bridgehead atoms. The van der Waals surface area contributed by atoms with Crippen molar-refractivity contribution in [3.8, 4) is 5.75 Å². The number of hydrogen-bond donors (Lipinski definition) is 1. The molecule has 0 atom stereocenters. The number of nitrogens with one attached hydrogen (secondary N) is 1. The lowest BCUT2D eigenvalue weighted by atomic mass is 10.2. The molecule has 0 aliphatic heterocycles. The van der Waals surface area contributed by atoms with Crippen LogP contribution in [0.2, 0.25) is 10.0 Å². The highest BCUT2D eigenvalue weighted by atomic mass is 35.5. The van der Waals surface area contributed by atoms with Gasteiger partial charge in [-0.15, -0.1) is 0 Å². The molecule has 0 heterocycles. The molecular formula is C23H18Cl2FNO2. The minimum atomic E-state index is -0.402. The van der Waals surface area contributed by atoms with Gasteiger partial charge in [0.2, 0.25) is 5.91 Å². The first kappa shape index (κ1) is 20.9. The Kier molecular flexibility index (Phi) is 7.28. The molecule has 0 saturated carbocycles. The van der Waals surface area contributed by atoms with Crippen molar-refractivity contribution >= 4 is 35.2 Å². The van der Waals surface area contributed by atoms with E-state index in [0.29, 0.717) is 27.9 Å². The van der Waals surface area contributed by atoms with E-state index in [1.165, 1.54) is 12.1 Å². The summed E-state index contributed by atoms with van der Waals surface area (Å²) in [4.78, 5) is 12.0. The minimum absolute atomic E-state index is 0.0343. The topological polar surface area (TPSA) is 38.3 Å². The molecule has 0 aromatic heterocycles. The zero-order valence-electron chi connectivity index (χ0n) is 15.4. The van der Waals surface area contributed by atoms with Crippen LogP contribution < -0.4 is 10.1 Å². The second-order valence-corrected chi connectivity index (χ2v) is 7.08. The Morgan fingerprint density at radius 2 is 1.79 bits per heavy atom. The normalized spacial score (nSPS) is 10.9. The van der Waals surface area contributed by atoms with Crippen LogP contribution in [0.1, 0.15) is 16.7 Å². The molecule has 3 aromatic rings. The second kappa shape index (κ2) is 10.1. The highest BCUT2D eigenvalue weighted by Gasteiger charge is 2.07. The van der Waals surface area contributed by atoms with Crippen molar-refractivity contribution in [2.45, 2.75) is 13.2 Å². The lowest BCUT2D eigenvalue weighted by Crippen LogP contribution is -2.20. The second-order valence-electron chi connectivity index (χ2n) is 6.24. The summed E-state index contributed by atoms with van der Waals surface area (Å²) in [5, 5.41) is 3.76. The molecule has 0 aliphatic carbocycles. The smallest absolute Gasteiger partial charge is 0.244 e. The molecule has 29 heavy (non-hydrogen) atoms. The van der Waals surface area contributed by atoms with E-state index in [-0.39, 0.29) is 12.5 Å². The summed E-state index contributed by atoms with van der Waals surface area (Å²) < 4.78 is 19.4. The highest BCUT2D eigenvalue weighted by molar-refractivity contribution is 6.31. The van der Waals surface area contributed by atoms with Crippen LogP contribution in [0, 0.1) is 5.82 Å². The summed E-state index contributed by atoms with van der Waals surface area (Å²) in [6, 6.07) is 18.9. The quantitative estimate of drug-likeness (QED) is 0.464. The maximum absolute atomic E-state index is 13.8. The number of hydrogen-bond acceptors (Lipinski definition) is 2. The first-order valence-electron chi connectivity index (χ1n) is 8.87. The van der Waals surface area contributed by atoms with Crippen LogP contribution in [0.5, 0.6) is 5.75 Å². The Bertz CT molecular complexity index is 999. The zero-order valence-corrected chi connectivity index (χ0v) is 16.9. The van der Waals surface area contributed by atoms with Gasteiger partial charge >= 0.3 is 0 Å². The third-order valence-corrected chi connectivity index (χ3v) is 4.70. The summed E-state index contributed by atoms with van der Waals surface area (Å²) >= 11 is 11.9. The fraction of sp³-hybridized carbons (Fsp3) is 0.0870. The number of ether oxygens (including phenoxy) is 1. The van der Waals surface area contributed by atoms with Crippen LogP contribution in [-0.4, -0.2) is 5.91 Å². The molecule has 3 aromatic carbocycles. The van der Waals surface area contributed by atoms with Crippen molar-refractivity contribution in [1.82, 2.24) is 5.32 Å². The van der Waals surface area contributed by atoms with Gasteiger partial charge in [0, 0.05) is 23.2 Å². The molecule has 3 nitrogen and oxygen atoms in total. The summed E-state index contributed by atoms with van der Waals surface area (Å²) in [6.45, 7) is 0.432. The fourth-order valence-corrected chi connectivity index (χ4v) is 3.00. The molecule has 0 unspecified atom stereocenters. The predicted octanol–water partition coefficient (Wildman–Crippen LogP) is 6.04. The summed E-state index contributed by atoms with van der Waals surface area (Å²) in [5.74, 6) is -0.0350. The minimum Gasteiger partial charge on any atom is -0.489 e. The van der Waals surface area contributed by atoms with Crippen LogP contribution >= 0.6 is 23.2 Å². The Labute approximate surface area is 178 Å². The molecule has 1 N–H and O–H groups in total. The molecule has 0 aliphatic rings. The van der Waals surface area contributed by atoms with Gasteiger partial charge in [-0.25, -0.2) is 4.39 Å². The van der Waals surface area contributed by atoms with Crippen molar-refractivity contribution in [1.29, 1.82) is 0 Å².